The number of ether oxygens (including phenoxy) is 2. The molecule has 23 heavy (non-hydrogen) atoms. The van der Waals surface area contributed by atoms with Gasteiger partial charge in [-0.1, -0.05) is 12.1 Å². The predicted octanol–water partition coefficient (Wildman–Crippen LogP) is 2.36. The van der Waals surface area contributed by atoms with Crippen LogP contribution in [-0.2, 0) is 20.9 Å². The zero-order chi connectivity index (χ0) is 17.5. The normalized spacial score (nSPS) is 12.5. The van der Waals surface area contributed by atoms with Crippen LogP contribution in [0.2, 0.25) is 0 Å². The van der Waals surface area contributed by atoms with E-state index in [4.69, 9.17) is 14.6 Å². The van der Waals surface area contributed by atoms with Crippen LogP contribution in [0.4, 0.5) is 0 Å². The smallest absolute Gasteiger partial charge is 0.303 e. The first-order chi connectivity index (χ1) is 10.7. The van der Waals surface area contributed by atoms with Gasteiger partial charge in [0, 0.05) is 12.0 Å². The van der Waals surface area contributed by atoms with E-state index in [1.807, 2.05) is 24.3 Å². The monoisotopic (exact) mass is 323 g/mol. The van der Waals surface area contributed by atoms with Gasteiger partial charge in [0.1, 0.15) is 11.9 Å². The Bertz CT molecular complexity index is 542. The van der Waals surface area contributed by atoms with Crippen molar-refractivity contribution in [3.8, 4) is 5.75 Å². The Morgan fingerprint density at radius 1 is 1.35 bits per heavy atom. The Balaban J connectivity index is 2.48. The summed E-state index contributed by atoms with van der Waals surface area (Å²) in [7, 11) is 1.59. The summed E-state index contributed by atoms with van der Waals surface area (Å²) in [6, 6.07) is 7.44. The molecule has 1 aromatic rings. The van der Waals surface area contributed by atoms with Crippen LogP contribution in [0.25, 0.3) is 0 Å². The van der Waals surface area contributed by atoms with Crippen LogP contribution >= 0.6 is 0 Å². The third-order valence-corrected chi connectivity index (χ3v) is 3.43. The molecule has 2 N–H and O–H groups in total. The molecule has 0 fully saturated rings. The number of carbonyl (C=O) groups excluding carboxylic acids is 1. The maximum Gasteiger partial charge on any atom is 0.303 e. The summed E-state index contributed by atoms with van der Waals surface area (Å²) >= 11 is 0. The molecule has 0 aliphatic heterocycles. The number of carbonyl (C=O) groups is 2. The van der Waals surface area contributed by atoms with Crippen LogP contribution in [0.1, 0.15) is 39.2 Å². The van der Waals surface area contributed by atoms with Gasteiger partial charge in [-0.05, 0) is 44.9 Å². The van der Waals surface area contributed by atoms with Gasteiger partial charge < -0.3 is 19.9 Å². The Morgan fingerprint density at radius 3 is 2.65 bits per heavy atom. The lowest BCUT2D eigenvalue weighted by molar-refractivity contribution is -0.139. The third kappa shape index (κ3) is 7.15. The van der Waals surface area contributed by atoms with E-state index in [1.165, 1.54) is 0 Å². The van der Waals surface area contributed by atoms with Crippen molar-refractivity contribution in [2.75, 3.05) is 7.11 Å². The quantitative estimate of drug-likeness (QED) is 0.729. The lowest BCUT2D eigenvalue weighted by Crippen LogP contribution is -2.48. The standard InChI is InChI=1S/C17H25NO5/c1-12(16(21)18-17(2,3)9-8-15(19)20)23-11-13-6-5-7-14(10-13)22-4/h5-7,10,12H,8-9,11H2,1-4H3,(H,18,21)(H,19,20). The summed E-state index contributed by atoms with van der Waals surface area (Å²) in [5.74, 6) is -0.407. The number of amides is 1. The summed E-state index contributed by atoms with van der Waals surface area (Å²) in [5.41, 5.74) is 0.317. The summed E-state index contributed by atoms with van der Waals surface area (Å²) in [5, 5.41) is 11.5. The fourth-order valence-electron chi connectivity index (χ4n) is 1.98. The van der Waals surface area contributed by atoms with Crippen LogP contribution < -0.4 is 10.1 Å². The predicted molar refractivity (Wildman–Crippen MR) is 86.3 cm³/mol. The van der Waals surface area contributed by atoms with Gasteiger partial charge in [0.05, 0.1) is 13.7 Å². The van der Waals surface area contributed by atoms with Crippen molar-refractivity contribution in [2.24, 2.45) is 0 Å². The Kier molecular flexibility index (Phi) is 7.03. The van der Waals surface area contributed by atoms with Crippen LogP contribution in [0.5, 0.6) is 5.75 Å². The molecule has 6 nitrogen and oxygen atoms in total. The largest absolute Gasteiger partial charge is 0.497 e. The molecule has 128 valence electrons. The Labute approximate surface area is 136 Å². The molecular formula is C17H25NO5. The molecule has 1 unspecified atom stereocenters. The fourth-order valence-corrected chi connectivity index (χ4v) is 1.98. The van der Waals surface area contributed by atoms with Gasteiger partial charge in [-0.3, -0.25) is 9.59 Å². The molecule has 0 saturated heterocycles. The van der Waals surface area contributed by atoms with Gasteiger partial charge in [-0.15, -0.1) is 0 Å². The molecule has 6 heteroatoms. The van der Waals surface area contributed by atoms with Crippen molar-refractivity contribution >= 4 is 11.9 Å². The maximum atomic E-state index is 12.1. The molecule has 1 amide bonds. The fraction of sp³-hybridized carbons (Fsp3) is 0.529. The average molecular weight is 323 g/mol. The topological polar surface area (TPSA) is 84.9 Å². The number of benzene rings is 1. The van der Waals surface area contributed by atoms with Gasteiger partial charge in [0.25, 0.3) is 0 Å². The second-order valence-electron chi connectivity index (χ2n) is 6.07. The van der Waals surface area contributed by atoms with E-state index in [-0.39, 0.29) is 12.3 Å². The van der Waals surface area contributed by atoms with Crippen molar-refractivity contribution in [1.82, 2.24) is 5.32 Å². The number of methoxy groups -OCH3 is 1. The van der Waals surface area contributed by atoms with Crippen molar-refractivity contribution in [1.29, 1.82) is 0 Å². The maximum absolute atomic E-state index is 12.1. The molecule has 0 spiro atoms. The highest BCUT2D eigenvalue weighted by Gasteiger charge is 2.24. The Morgan fingerprint density at radius 2 is 2.04 bits per heavy atom. The van der Waals surface area contributed by atoms with E-state index in [2.05, 4.69) is 5.32 Å². The number of hydrogen-bond acceptors (Lipinski definition) is 4. The summed E-state index contributed by atoms with van der Waals surface area (Å²) in [4.78, 5) is 22.8. The van der Waals surface area contributed by atoms with E-state index >= 15 is 0 Å². The molecule has 0 aromatic heterocycles. The first-order valence-electron chi connectivity index (χ1n) is 7.52. The lowest BCUT2D eigenvalue weighted by atomic mass is 9.98. The highest BCUT2D eigenvalue weighted by molar-refractivity contribution is 5.81. The Hall–Kier alpha value is -2.08. The van der Waals surface area contributed by atoms with Crippen molar-refractivity contribution < 1.29 is 24.2 Å². The van der Waals surface area contributed by atoms with E-state index in [9.17, 15) is 9.59 Å². The second-order valence-corrected chi connectivity index (χ2v) is 6.07. The highest BCUT2D eigenvalue weighted by atomic mass is 16.5. The van der Waals surface area contributed by atoms with Gasteiger partial charge in [0.15, 0.2) is 0 Å². The van der Waals surface area contributed by atoms with Crippen molar-refractivity contribution in [3.05, 3.63) is 29.8 Å². The number of carboxylic acids is 1. The summed E-state index contributed by atoms with van der Waals surface area (Å²) < 4.78 is 10.7. The summed E-state index contributed by atoms with van der Waals surface area (Å²) in [6.07, 6.45) is -0.270. The van der Waals surface area contributed by atoms with Gasteiger partial charge in [-0.25, -0.2) is 0 Å². The first-order valence-corrected chi connectivity index (χ1v) is 7.52. The molecule has 0 aliphatic rings. The molecule has 1 rings (SSSR count). The number of hydrogen-bond donors (Lipinski definition) is 2. The first kappa shape index (κ1) is 19.0. The highest BCUT2D eigenvalue weighted by Crippen LogP contribution is 2.15. The van der Waals surface area contributed by atoms with Crippen molar-refractivity contribution in [3.63, 3.8) is 0 Å². The van der Waals surface area contributed by atoms with Crippen LogP contribution in [0.15, 0.2) is 24.3 Å². The van der Waals surface area contributed by atoms with Gasteiger partial charge >= 0.3 is 5.97 Å². The van der Waals surface area contributed by atoms with Crippen molar-refractivity contribution in [2.45, 2.75) is 51.9 Å². The van der Waals surface area contributed by atoms with Crippen LogP contribution in [0, 0.1) is 0 Å². The average Bonchev–Trinajstić information content (AvgIpc) is 2.50. The second kappa shape index (κ2) is 8.53. The SMILES string of the molecule is COc1cccc(COC(C)C(=O)NC(C)(C)CCC(=O)O)c1. The number of aliphatic carboxylic acids is 1. The van der Waals surface area contributed by atoms with Gasteiger partial charge in [-0.2, -0.15) is 0 Å². The van der Waals surface area contributed by atoms with E-state index in [0.29, 0.717) is 13.0 Å². The minimum absolute atomic E-state index is 0.00628. The van der Waals surface area contributed by atoms with E-state index in [1.54, 1.807) is 27.9 Å². The molecule has 0 aliphatic carbocycles. The molecule has 0 heterocycles. The molecule has 0 saturated carbocycles. The van der Waals surface area contributed by atoms with Crippen LogP contribution in [0.3, 0.4) is 0 Å². The van der Waals surface area contributed by atoms with E-state index < -0.39 is 17.6 Å². The molecule has 1 atom stereocenters. The zero-order valence-corrected chi connectivity index (χ0v) is 14.1. The molecule has 0 radical (unpaired) electrons. The van der Waals surface area contributed by atoms with Gasteiger partial charge in [0.2, 0.25) is 5.91 Å². The molecule has 1 aromatic carbocycles. The minimum atomic E-state index is -0.880. The number of nitrogens with one attached hydrogen (secondary N) is 1. The molecular weight excluding hydrogens is 298 g/mol. The number of carboxylic acid groups (broad SMARTS) is 1. The lowest BCUT2D eigenvalue weighted by Gasteiger charge is -2.27. The zero-order valence-electron chi connectivity index (χ0n) is 14.1. The van der Waals surface area contributed by atoms with Crippen LogP contribution in [-0.4, -0.2) is 35.7 Å². The third-order valence-electron chi connectivity index (χ3n) is 3.43. The summed E-state index contributed by atoms with van der Waals surface area (Å²) in [6.45, 7) is 5.55. The number of rotatable bonds is 9. The van der Waals surface area contributed by atoms with E-state index in [0.717, 1.165) is 11.3 Å². The molecule has 0 bridgehead atoms. The minimum Gasteiger partial charge on any atom is -0.497 e.